The summed E-state index contributed by atoms with van der Waals surface area (Å²) in [6.07, 6.45) is 1.80. The molecule has 0 saturated heterocycles. The van der Waals surface area contributed by atoms with Crippen LogP contribution < -0.4 is 5.32 Å². The van der Waals surface area contributed by atoms with Gasteiger partial charge in [0, 0.05) is 25.0 Å². The normalized spacial score (nSPS) is 14.9. The Labute approximate surface area is 90.0 Å². The summed E-state index contributed by atoms with van der Waals surface area (Å²) in [7, 11) is 0. The van der Waals surface area contributed by atoms with Gasteiger partial charge in [-0.3, -0.25) is 4.98 Å². The molecule has 4 heteroatoms. The maximum atomic E-state index is 9.52. The number of aryl methyl sites for hydroxylation is 1. The minimum atomic E-state index is -1.06. The molecule has 0 aliphatic heterocycles. The van der Waals surface area contributed by atoms with Crippen molar-refractivity contribution >= 4 is 0 Å². The molecular weight excluding hydrogens is 192 g/mol. The molecule has 0 aliphatic carbocycles. The Bertz CT molecular complexity index is 296. The van der Waals surface area contributed by atoms with E-state index in [0.717, 1.165) is 11.3 Å². The Balaban J connectivity index is 2.35. The van der Waals surface area contributed by atoms with Gasteiger partial charge in [0.15, 0.2) is 0 Å². The van der Waals surface area contributed by atoms with Crippen LogP contribution in [-0.4, -0.2) is 33.9 Å². The van der Waals surface area contributed by atoms with Gasteiger partial charge in [0.1, 0.15) is 0 Å². The Morgan fingerprint density at radius 1 is 1.47 bits per heavy atom. The summed E-state index contributed by atoms with van der Waals surface area (Å²) in [5, 5.41) is 21.4. The molecule has 1 heterocycles. The number of aliphatic hydroxyl groups excluding tert-OH is 1. The fourth-order valence-electron chi connectivity index (χ4n) is 1.14. The van der Waals surface area contributed by atoms with Gasteiger partial charge in [0.25, 0.3) is 0 Å². The maximum absolute atomic E-state index is 9.52. The van der Waals surface area contributed by atoms with E-state index in [4.69, 9.17) is 5.11 Å². The summed E-state index contributed by atoms with van der Waals surface area (Å²) in [5.41, 5.74) is 0.994. The molecule has 0 spiro atoms. The van der Waals surface area contributed by atoms with Gasteiger partial charge < -0.3 is 15.5 Å². The Morgan fingerprint density at radius 2 is 2.20 bits per heavy atom. The fraction of sp³-hybridized carbons (Fsp3) is 0.545. The second-order valence-corrected chi connectivity index (χ2v) is 4.07. The first-order valence-corrected chi connectivity index (χ1v) is 4.99. The van der Waals surface area contributed by atoms with Crippen molar-refractivity contribution in [2.75, 3.05) is 13.2 Å². The molecule has 1 rings (SSSR count). The predicted octanol–water partition coefficient (Wildman–Crippen LogP) is 0.223. The Hall–Kier alpha value is -0.970. The summed E-state index contributed by atoms with van der Waals surface area (Å²) in [4.78, 5) is 4.16. The van der Waals surface area contributed by atoms with Crippen LogP contribution in [0.4, 0.5) is 0 Å². The lowest BCUT2D eigenvalue weighted by molar-refractivity contribution is 0.00253. The molecule has 0 saturated carbocycles. The second-order valence-electron chi connectivity index (χ2n) is 4.07. The van der Waals surface area contributed by atoms with Crippen LogP contribution in [0.5, 0.6) is 0 Å². The molecule has 0 radical (unpaired) electrons. The summed E-state index contributed by atoms with van der Waals surface area (Å²) in [6, 6.07) is 3.93. The van der Waals surface area contributed by atoms with E-state index in [1.165, 1.54) is 0 Å². The van der Waals surface area contributed by atoms with E-state index in [1.807, 2.05) is 19.1 Å². The maximum Gasteiger partial charge on any atom is 0.0972 e. The quantitative estimate of drug-likeness (QED) is 0.650. The summed E-state index contributed by atoms with van der Waals surface area (Å²) in [5.74, 6) is 0. The van der Waals surface area contributed by atoms with E-state index >= 15 is 0 Å². The highest BCUT2D eigenvalue weighted by atomic mass is 16.3. The topological polar surface area (TPSA) is 65.4 Å². The van der Waals surface area contributed by atoms with Crippen LogP contribution >= 0.6 is 0 Å². The first-order valence-electron chi connectivity index (χ1n) is 4.99. The summed E-state index contributed by atoms with van der Waals surface area (Å²) >= 11 is 0. The third-order valence-electron chi connectivity index (χ3n) is 2.15. The van der Waals surface area contributed by atoms with Crippen molar-refractivity contribution in [2.45, 2.75) is 26.0 Å². The number of aliphatic hydroxyl groups is 2. The van der Waals surface area contributed by atoms with Crippen LogP contribution in [0, 0.1) is 6.92 Å². The van der Waals surface area contributed by atoms with E-state index in [1.54, 1.807) is 13.1 Å². The summed E-state index contributed by atoms with van der Waals surface area (Å²) < 4.78 is 0. The van der Waals surface area contributed by atoms with Gasteiger partial charge in [-0.05, 0) is 25.5 Å². The summed E-state index contributed by atoms with van der Waals surface area (Å²) in [6.45, 7) is 4.29. The standard InChI is InChI=1S/C11H18N2O2/c1-9-3-4-10(6-13-9)5-12-7-11(2,15)8-14/h3-4,6,12,14-15H,5,7-8H2,1-2H3. The van der Waals surface area contributed by atoms with E-state index in [2.05, 4.69) is 10.3 Å². The number of hydrogen-bond donors (Lipinski definition) is 3. The van der Waals surface area contributed by atoms with Gasteiger partial charge in [0.05, 0.1) is 12.2 Å². The first kappa shape index (κ1) is 12.1. The van der Waals surface area contributed by atoms with Gasteiger partial charge in [-0.25, -0.2) is 0 Å². The number of aromatic nitrogens is 1. The number of hydrogen-bond acceptors (Lipinski definition) is 4. The smallest absolute Gasteiger partial charge is 0.0972 e. The average Bonchev–Trinajstić information content (AvgIpc) is 2.21. The van der Waals surface area contributed by atoms with E-state index in [0.29, 0.717) is 13.1 Å². The SMILES string of the molecule is Cc1ccc(CNCC(C)(O)CO)cn1. The third kappa shape index (κ3) is 4.38. The zero-order valence-electron chi connectivity index (χ0n) is 9.20. The predicted molar refractivity (Wildman–Crippen MR) is 58.4 cm³/mol. The van der Waals surface area contributed by atoms with Crippen molar-refractivity contribution in [3.05, 3.63) is 29.6 Å². The van der Waals surface area contributed by atoms with Crippen LogP contribution in [0.2, 0.25) is 0 Å². The molecule has 0 bridgehead atoms. The van der Waals surface area contributed by atoms with Crippen LogP contribution in [0.3, 0.4) is 0 Å². The van der Waals surface area contributed by atoms with Gasteiger partial charge >= 0.3 is 0 Å². The average molecular weight is 210 g/mol. The third-order valence-corrected chi connectivity index (χ3v) is 2.15. The van der Waals surface area contributed by atoms with Crippen molar-refractivity contribution in [2.24, 2.45) is 0 Å². The Morgan fingerprint density at radius 3 is 2.73 bits per heavy atom. The van der Waals surface area contributed by atoms with Crippen molar-refractivity contribution < 1.29 is 10.2 Å². The van der Waals surface area contributed by atoms with Gasteiger partial charge in [-0.1, -0.05) is 6.07 Å². The van der Waals surface area contributed by atoms with Crippen molar-refractivity contribution in [1.82, 2.24) is 10.3 Å². The minimum absolute atomic E-state index is 0.244. The van der Waals surface area contributed by atoms with E-state index < -0.39 is 5.60 Å². The Kier molecular flexibility index (Phi) is 4.20. The van der Waals surface area contributed by atoms with Gasteiger partial charge in [-0.2, -0.15) is 0 Å². The van der Waals surface area contributed by atoms with Crippen LogP contribution in [0.15, 0.2) is 18.3 Å². The van der Waals surface area contributed by atoms with E-state index in [9.17, 15) is 5.11 Å². The highest BCUT2D eigenvalue weighted by Gasteiger charge is 2.17. The van der Waals surface area contributed by atoms with Crippen LogP contribution in [0.25, 0.3) is 0 Å². The lowest BCUT2D eigenvalue weighted by atomic mass is 10.1. The zero-order chi connectivity index (χ0) is 11.3. The van der Waals surface area contributed by atoms with E-state index in [-0.39, 0.29) is 6.61 Å². The highest BCUT2D eigenvalue weighted by molar-refractivity contribution is 5.12. The lowest BCUT2D eigenvalue weighted by Crippen LogP contribution is -2.40. The molecular formula is C11H18N2O2. The molecule has 0 fully saturated rings. The number of rotatable bonds is 5. The molecule has 84 valence electrons. The molecule has 4 nitrogen and oxygen atoms in total. The molecule has 1 unspecified atom stereocenters. The molecule has 15 heavy (non-hydrogen) atoms. The highest BCUT2D eigenvalue weighted by Crippen LogP contribution is 2.01. The molecule has 1 aromatic heterocycles. The van der Waals surface area contributed by atoms with Crippen molar-refractivity contribution in [3.63, 3.8) is 0 Å². The fourth-order valence-corrected chi connectivity index (χ4v) is 1.14. The molecule has 0 amide bonds. The van der Waals surface area contributed by atoms with Gasteiger partial charge in [0.2, 0.25) is 0 Å². The largest absolute Gasteiger partial charge is 0.393 e. The molecule has 1 atom stereocenters. The van der Waals surface area contributed by atoms with Crippen molar-refractivity contribution in [3.8, 4) is 0 Å². The minimum Gasteiger partial charge on any atom is -0.393 e. The van der Waals surface area contributed by atoms with Gasteiger partial charge in [-0.15, -0.1) is 0 Å². The number of pyridine rings is 1. The molecule has 0 aliphatic rings. The number of nitrogens with one attached hydrogen (secondary N) is 1. The first-order chi connectivity index (χ1) is 7.03. The molecule has 3 N–H and O–H groups in total. The van der Waals surface area contributed by atoms with Crippen LogP contribution in [-0.2, 0) is 6.54 Å². The van der Waals surface area contributed by atoms with Crippen molar-refractivity contribution in [1.29, 1.82) is 0 Å². The molecule has 1 aromatic rings. The zero-order valence-corrected chi connectivity index (χ0v) is 9.20. The van der Waals surface area contributed by atoms with Crippen LogP contribution in [0.1, 0.15) is 18.2 Å². The molecule has 0 aromatic carbocycles. The number of nitrogens with zero attached hydrogens (tertiary/aromatic N) is 1. The lowest BCUT2D eigenvalue weighted by Gasteiger charge is -2.20. The second kappa shape index (κ2) is 5.21. The monoisotopic (exact) mass is 210 g/mol.